The molecule has 4 aromatic rings. The van der Waals surface area contributed by atoms with Gasteiger partial charge in [0, 0.05) is 5.56 Å². The summed E-state index contributed by atoms with van der Waals surface area (Å²) in [7, 11) is 1.55. The summed E-state index contributed by atoms with van der Waals surface area (Å²) in [6.07, 6.45) is 0. The maximum atomic E-state index is 13.1. The van der Waals surface area contributed by atoms with E-state index in [0.29, 0.717) is 11.3 Å². The Bertz CT molecular complexity index is 1270. The highest BCUT2D eigenvalue weighted by molar-refractivity contribution is 14.1. The van der Waals surface area contributed by atoms with E-state index in [1.807, 2.05) is 6.07 Å². The summed E-state index contributed by atoms with van der Waals surface area (Å²) < 4.78 is 25.8. The second-order valence-corrected chi connectivity index (χ2v) is 6.76. The van der Waals surface area contributed by atoms with E-state index in [1.54, 1.807) is 19.2 Å². The first-order valence-electron chi connectivity index (χ1n) is 7.73. The van der Waals surface area contributed by atoms with Crippen molar-refractivity contribution < 1.29 is 13.5 Å². The lowest BCUT2D eigenvalue weighted by molar-refractivity contribution is 0.412. The number of nitrogens with zero attached hydrogens (tertiary/aromatic N) is 2. The minimum absolute atomic E-state index is 0.0316. The number of ether oxygens (including phenoxy) is 1. The Morgan fingerprint density at radius 3 is 2.63 bits per heavy atom. The highest BCUT2D eigenvalue weighted by Crippen LogP contribution is 2.28. The van der Waals surface area contributed by atoms with Gasteiger partial charge in [-0.05, 0) is 65.1 Å². The minimum Gasteiger partial charge on any atom is -0.496 e. The molecule has 0 atom stereocenters. The molecule has 0 spiro atoms. The second-order valence-electron chi connectivity index (χ2n) is 5.59. The molecule has 2 aromatic carbocycles. The summed E-state index contributed by atoms with van der Waals surface area (Å²) in [5, 5.41) is 0. The van der Waals surface area contributed by atoms with Crippen molar-refractivity contribution in [3.63, 3.8) is 0 Å². The van der Waals surface area contributed by atoms with Crippen LogP contribution in [0.1, 0.15) is 0 Å². The van der Waals surface area contributed by atoms with Crippen LogP contribution in [-0.2, 0) is 0 Å². The molecule has 2 heterocycles. The number of nitrogens with one attached hydrogen (secondary N) is 1. The Hall–Kier alpha value is -2.95. The molecule has 0 fully saturated rings. The number of fused-ring (bicyclic) bond motifs is 1. The van der Waals surface area contributed by atoms with Gasteiger partial charge in [-0.15, -0.1) is 0 Å². The van der Waals surface area contributed by atoms with E-state index >= 15 is 0 Å². The molecule has 7 nitrogen and oxygen atoms in total. The lowest BCUT2D eigenvalue weighted by Crippen LogP contribution is -2.33. The van der Waals surface area contributed by atoms with Gasteiger partial charge in [-0.1, -0.05) is 0 Å². The van der Waals surface area contributed by atoms with Gasteiger partial charge in [0.1, 0.15) is 11.6 Å². The SMILES string of the molecule is COc1cc(-c2nc3c(=O)n(-c4ccc(F)cc4)c(=O)[nH]c3o2)ccc1I. The Morgan fingerprint density at radius 2 is 1.93 bits per heavy atom. The van der Waals surface area contributed by atoms with Gasteiger partial charge in [-0.2, -0.15) is 0 Å². The zero-order chi connectivity index (χ0) is 19.1. The van der Waals surface area contributed by atoms with Gasteiger partial charge in [0.05, 0.1) is 16.4 Å². The van der Waals surface area contributed by atoms with Crippen LogP contribution in [0.3, 0.4) is 0 Å². The molecule has 0 aliphatic rings. The van der Waals surface area contributed by atoms with Crippen molar-refractivity contribution in [2.24, 2.45) is 0 Å². The zero-order valence-electron chi connectivity index (χ0n) is 13.8. The van der Waals surface area contributed by atoms with Gasteiger partial charge in [0.25, 0.3) is 5.56 Å². The van der Waals surface area contributed by atoms with E-state index in [1.165, 1.54) is 12.1 Å². The van der Waals surface area contributed by atoms with Gasteiger partial charge in [-0.3, -0.25) is 9.78 Å². The van der Waals surface area contributed by atoms with Crippen LogP contribution in [0, 0.1) is 9.39 Å². The number of aromatic nitrogens is 3. The van der Waals surface area contributed by atoms with Crippen LogP contribution in [0.15, 0.2) is 56.5 Å². The Kier molecular flexibility index (Phi) is 4.30. The third-order valence-electron chi connectivity index (χ3n) is 3.94. The van der Waals surface area contributed by atoms with Gasteiger partial charge in [0.2, 0.25) is 11.6 Å². The molecule has 0 unspecified atom stereocenters. The van der Waals surface area contributed by atoms with Crippen molar-refractivity contribution in [2.45, 2.75) is 0 Å². The molecular weight excluding hydrogens is 468 g/mol. The van der Waals surface area contributed by atoms with Crippen LogP contribution >= 0.6 is 22.6 Å². The first-order chi connectivity index (χ1) is 13.0. The van der Waals surface area contributed by atoms with Gasteiger partial charge in [0.15, 0.2) is 5.52 Å². The molecule has 4 rings (SSSR count). The fourth-order valence-electron chi connectivity index (χ4n) is 2.64. The van der Waals surface area contributed by atoms with Gasteiger partial charge in [-0.25, -0.2) is 18.7 Å². The van der Waals surface area contributed by atoms with E-state index in [9.17, 15) is 14.0 Å². The summed E-state index contributed by atoms with van der Waals surface area (Å²) in [6.45, 7) is 0. The molecule has 0 amide bonds. The predicted molar refractivity (Wildman–Crippen MR) is 105 cm³/mol. The highest BCUT2D eigenvalue weighted by Gasteiger charge is 2.17. The van der Waals surface area contributed by atoms with E-state index in [2.05, 4.69) is 32.6 Å². The first-order valence-corrected chi connectivity index (χ1v) is 8.81. The van der Waals surface area contributed by atoms with E-state index in [-0.39, 0.29) is 22.8 Å². The summed E-state index contributed by atoms with van der Waals surface area (Å²) in [5.41, 5.74) is -0.612. The smallest absolute Gasteiger partial charge is 0.335 e. The summed E-state index contributed by atoms with van der Waals surface area (Å²) >= 11 is 2.13. The van der Waals surface area contributed by atoms with Crippen molar-refractivity contribution in [3.8, 4) is 22.9 Å². The number of halogens is 2. The topological polar surface area (TPSA) is 90.1 Å². The van der Waals surface area contributed by atoms with E-state index in [0.717, 1.165) is 20.3 Å². The van der Waals surface area contributed by atoms with Crippen LogP contribution in [0.2, 0.25) is 0 Å². The number of hydrogen-bond acceptors (Lipinski definition) is 5. The molecule has 0 aliphatic heterocycles. The average molecular weight is 479 g/mol. The molecule has 9 heteroatoms. The Labute approximate surface area is 164 Å². The quantitative estimate of drug-likeness (QED) is 0.457. The van der Waals surface area contributed by atoms with Crippen LogP contribution in [0.4, 0.5) is 4.39 Å². The number of benzene rings is 2. The standard InChI is InChI=1S/C18H11FIN3O4/c1-26-13-8-9(2-7-12(13)20)15-21-14-16(27-15)22-18(25)23(17(14)24)11-5-3-10(19)4-6-11/h2-8H,1H3,(H,22,25). The summed E-state index contributed by atoms with van der Waals surface area (Å²) in [6, 6.07) is 10.3. The van der Waals surface area contributed by atoms with Crippen molar-refractivity contribution in [1.82, 2.24) is 14.5 Å². The molecule has 27 heavy (non-hydrogen) atoms. The highest BCUT2D eigenvalue weighted by atomic mass is 127. The predicted octanol–water partition coefficient (Wildman–Crippen LogP) is 3.09. The average Bonchev–Trinajstić information content (AvgIpc) is 3.08. The number of oxazole rings is 1. The monoisotopic (exact) mass is 479 g/mol. The molecular formula is C18H11FIN3O4. The molecule has 2 aromatic heterocycles. The molecule has 0 radical (unpaired) electrons. The first kappa shape index (κ1) is 17.5. The number of H-pyrrole nitrogens is 1. The van der Waals surface area contributed by atoms with Crippen molar-refractivity contribution >= 4 is 33.8 Å². The molecule has 0 aliphatic carbocycles. The van der Waals surface area contributed by atoms with Gasteiger partial charge >= 0.3 is 5.69 Å². The largest absolute Gasteiger partial charge is 0.496 e. The van der Waals surface area contributed by atoms with Crippen LogP contribution in [-0.4, -0.2) is 21.6 Å². The fourth-order valence-corrected chi connectivity index (χ4v) is 3.20. The maximum absolute atomic E-state index is 13.1. The fraction of sp³-hybridized carbons (Fsp3) is 0.0556. The summed E-state index contributed by atoms with van der Waals surface area (Å²) in [4.78, 5) is 31.8. The number of rotatable bonds is 3. The summed E-state index contributed by atoms with van der Waals surface area (Å²) in [5.74, 6) is 0.331. The molecule has 0 bridgehead atoms. The van der Waals surface area contributed by atoms with Crippen molar-refractivity contribution in [3.05, 3.63) is 72.7 Å². The number of aromatic amines is 1. The second kappa shape index (κ2) is 6.65. The molecule has 136 valence electrons. The lowest BCUT2D eigenvalue weighted by Gasteiger charge is -2.03. The number of methoxy groups -OCH3 is 1. The maximum Gasteiger partial charge on any atom is 0.335 e. The van der Waals surface area contributed by atoms with E-state index in [4.69, 9.17) is 9.15 Å². The molecule has 0 saturated carbocycles. The van der Waals surface area contributed by atoms with Crippen LogP contribution in [0.25, 0.3) is 28.4 Å². The van der Waals surface area contributed by atoms with Gasteiger partial charge < -0.3 is 9.15 Å². The normalized spacial score (nSPS) is 11.1. The Morgan fingerprint density at radius 1 is 1.19 bits per heavy atom. The zero-order valence-corrected chi connectivity index (χ0v) is 16.0. The van der Waals surface area contributed by atoms with E-state index < -0.39 is 17.1 Å². The third kappa shape index (κ3) is 3.03. The van der Waals surface area contributed by atoms with Crippen molar-refractivity contribution in [1.29, 1.82) is 0 Å². The molecule has 1 N–H and O–H groups in total. The van der Waals surface area contributed by atoms with Crippen LogP contribution in [0.5, 0.6) is 5.75 Å². The Balaban J connectivity index is 1.91. The van der Waals surface area contributed by atoms with Crippen molar-refractivity contribution in [2.75, 3.05) is 7.11 Å². The minimum atomic E-state index is -0.706. The third-order valence-corrected chi connectivity index (χ3v) is 4.83. The van der Waals surface area contributed by atoms with Crippen LogP contribution < -0.4 is 16.0 Å². The lowest BCUT2D eigenvalue weighted by atomic mass is 10.2. The number of hydrogen-bond donors (Lipinski definition) is 1. The molecule has 0 saturated heterocycles.